The van der Waals surface area contributed by atoms with E-state index in [0.29, 0.717) is 0 Å². The number of rotatable bonds is 4. The van der Waals surface area contributed by atoms with Crippen LogP contribution in [-0.4, -0.2) is 4.57 Å². The molecule has 3 aromatic heterocycles. The molecule has 0 N–H and O–H groups in total. The number of hydrogen-bond donors (Lipinski definition) is 0. The Bertz CT molecular complexity index is 3790. The average Bonchev–Trinajstić information content (AvgIpc) is 4.00. The van der Waals surface area contributed by atoms with E-state index in [9.17, 15) is 0 Å². The molecule has 0 aliphatic rings. The summed E-state index contributed by atoms with van der Waals surface area (Å²) in [4.78, 5) is 0. The number of nitrogens with zero attached hydrogens (tertiary/aromatic N) is 1. The number of aromatic nitrogens is 1. The minimum atomic E-state index is 0.815. The second kappa shape index (κ2) is 12.3. The third-order valence-electron chi connectivity index (χ3n) is 12.4. The maximum atomic E-state index is 6.90. The first kappa shape index (κ1) is 32.2. The van der Waals surface area contributed by atoms with Crippen LogP contribution >= 0.6 is 0 Å². The van der Waals surface area contributed by atoms with E-state index in [1.165, 1.54) is 70.8 Å². The third-order valence-corrected chi connectivity index (χ3v) is 12.4. The molecule has 13 rings (SSSR count). The number of hydrogen-bond acceptors (Lipinski definition) is 2. The lowest BCUT2D eigenvalue weighted by molar-refractivity contribution is 0.616. The van der Waals surface area contributed by atoms with Gasteiger partial charge in [-0.25, -0.2) is 0 Å². The molecule has 59 heavy (non-hydrogen) atoms. The van der Waals surface area contributed by atoms with Gasteiger partial charge in [-0.3, -0.25) is 0 Å². The predicted octanol–water partition coefficient (Wildman–Crippen LogP) is 15.9. The average molecular weight is 752 g/mol. The topological polar surface area (TPSA) is 31.2 Å². The Morgan fingerprint density at radius 2 is 0.949 bits per heavy atom. The Kier molecular flexibility index (Phi) is 6.72. The van der Waals surface area contributed by atoms with E-state index in [4.69, 9.17) is 8.83 Å². The summed E-state index contributed by atoms with van der Waals surface area (Å²) in [7, 11) is 0. The molecular formula is C56H33NO2. The molecule has 10 aromatic carbocycles. The van der Waals surface area contributed by atoms with Crippen LogP contribution in [0.1, 0.15) is 0 Å². The van der Waals surface area contributed by atoms with Gasteiger partial charge in [0.05, 0.1) is 22.7 Å². The fourth-order valence-electron chi connectivity index (χ4n) is 9.82. The van der Waals surface area contributed by atoms with Crippen LogP contribution in [0.4, 0.5) is 0 Å². The minimum absolute atomic E-state index is 0.815. The van der Waals surface area contributed by atoms with E-state index in [-0.39, 0.29) is 0 Å². The maximum absolute atomic E-state index is 6.90. The summed E-state index contributed by atoms with van der Waals surface area (Å²) in [5, 5.41) is 12.9. The first-order chi connectivity index (χ1) is 29.3. The molecule has 0 unspecified atom stereocenters. The van der Waals surface area contributed by atoms with Gasteiger partial charge in [0.15, 0.2) is 0 Å². The second-order valence-corrected chi connectivity index (χ2v) is 15.6. The zero-order valence-electron chi connectivity index (χ0n) is 31.8. The van der Waals surface area contributed by atoms with Crippen molar-refractivity contribution in [3.8, 4) is 39.1 Å². The number of fused-ring (bicyclic) bond motifs is 11. The van der Waals surface area contributed by atoms with Crippen molar-refractivity contribution in [1.29, 1.82) is 0 Å². The van der Waals surface area contributed by atoms with Gasteiger partial charge in [-0.2, -0.15) is 0 Å². The van der Waals surface area contributed by atoms with Gasteiger partial charge in [-0.05, 0) is 121 Å². The molecule has 0 spiro atoms. The smallest absolute Gasteiger partial charge is 0.147 e. The second-order valence-electron chi connectivity index (χ2n) is 15.6. The van der Waals surface area contributed by atoms with E-state index in [1.807, 2.05) is 6.26 Å². The van der Waals surface area contributed by atoms with Crippen molar-refractivity contribution in [3.63, 3.8) is 0 Å². The zero-order valence-corrected chi connectivity index (χ0v) is 31.8. The van der Waals surface area contributed by atoms with E-state index in [0.717, 1.165) is 55.3 Å². The largest absolute Gasteiger partial charge is 0.464 e. The molecule has 274 valence electrons. The highest BCUT2D eigenvalue weighted by Gasteiger charge is 2.21. The predicted molar refractivity (Wildman–Crippen MR) is 247 cm³/mol. The first-order valence-electron chi connectivity index (χ1n) is 20.2. The lowest BCUT2D eigenvalue weighted by atomic mass is 9.85. The number of para-hydroxylation sites is 2. The van der Waals surface area contributed by atoms with Crippen LogP contribution in [-0.2, 0) is 0 Å². The Labute approximate surface area is 338 Å². The van der Waals surface area contributed by atoms with E-state index in [2.05, 4.69) is 199 Å². The molecule has 0 fully saturated rings. The number of benzene rings is 10. The molecule has 0 atom stereocenters. The van der Waals surface area contributed by atoms with Crippen molar-refractivity contribution in [2.45, 2.75) is 0 Å². The summed E-state index contributed by atoms with van der Waals surface area (Å²) in [5.41, 5.74) is 13.0. The Hall–Kier alpha value is -7.88. The number of furan rings is 2. The van der Waals surface area contributed by atoms with Gasteiger partial charge in [-0.1, -0.05) is 133 Å². The molecule has 0 saturated heterocycles. The lowest BCUT2D eigenvalue weighted by Gasteiger charge is -2.18. The molecular weight excluding hydrogens is 719 g/mol. The van der Waals surface area contributed by atoms with Crippen molar-refractivity contribution in [2.75, 3.05) is 0 Å². The molecule has 0 bridgehead atoms. The summed E-state index contributed by atoms with van der Waals surface area (Å²) < 4.78 is 15.4. The van der Waals surface area contributed by atoms with Crippen LogP contribution in [0.15, 0.2) is 209 Å². The highest BCUT2D eigenvalue weighted by Crippen LogP contribution is 2.47. The molecule has 0 aliphatic heterocycles. The van der Waals surface area contributed by atoms with Crippen molar-refractivity contribution in [2.24, 2.45) is 0 Å². The van der Waals surface area contributed by atoms with Crippen LogP contribution in [0.25, 0.3) is 126 Å². The minimum Gasteiger partial charge on any atom is -0.464 e. The molecule has 0 aliphatic carbocycles. The van der Waals surface area contributed by atoms with Gasteiger partial charge in [0.2, 0.25) is 0 Å². The van der Waals surface area contributed by atoms with Crippen LogP contribution in [0.5, 0.6) is 0 Å². The molecule has 3 nitrogen and oxygen atoms in total. The molecule has 13 aromatic rings. The van der Waals surface area contributed by atoms with Crippen molar-refractivity contribution in [1.82, 2.24) is 4.57 Å². The molecule has 0 saturated carbocycles. The van der Waals surface area contributed by atoms with E-state index < -0.39 is 0 Å². The molecule has 0 radical (unpaired) electrons. The van der Waals surface area contributed by atoms with Gasteiger partial charge < -0.3 is 13.4 Å². The highest BCUT2D eigenvalue weighted by atomic mass is 16.3. The maximum Gasteiger partial charge on any atom is 0.147 e. The summed E-state index contributed by atoms with van der Waals surface area (Å²) in [6, 6.07) is 70.1. The monoisotopic (exact) mass is 751 g/mol. The van der Waals surface area contributed by atoms with Gasteiger partial charge in [-0.15, -0.1) is 0 Å². The summed E-state index contributed by atoms with van der Waals surface area (Å²) >= 11 is 0. The zero-order chi connectivity index (χ0) is 38.6. The quantitative estimate of drug-likeness (QED) is 0.168. The standard InChI is InChI=1S/C56H33NO2/c1-2-14-39(15-3-1)57-49-21-11-10-16-40(49)47-31-37(25-28-50(47)57)53-42-17-6-8-19-44(42)54(45-20-9-7-18-43(45)53)38-24-26-41-46-27-29-51-55(56(46)59-52(41)32-38)48(33-58-51)36-23-22-34-12-4-5-13-35(34)30-36/h1-33H. The normalized spacial score (nSPS) is 12.1. The third kappa shape index (κ3) is 4.70. The van der Waals surface area contributed by atoms with Crippen molar-refractivity contribution in [3.05, 3.63) is 200 Å². The Morgan fingerprint density at radius 1 is 0.356 bits per heavy atom. The summed E-state index contributed by atoms with van der Waals surface area (Å²) in [5.74, 6) is 0. The fraction of sp³-hybridized carbons (Fsp3) is 0. The SMILES string of the molecule is c1ccc(-n2c3ccccc3c3cc(-c4c5ccccc5c(-c5ccc6c(c5)oc5c6ccc6occ(-c7ccc8ccccc8c7)c65)c5ccccc45)ccc32)cc1. The van der Waals surface area contributed by atoms with E-state index in [1.54, 1.807) is 0 Å². The van der Waals surface area contributed by atoms with E-state index >= 15 is 0 Å². The van der Waals surface area contributed by atoms with Crippen molar-refractivity contribution < 1.29 is 8.83 Å². The van der Waals surface area contributed by atoms with Crippen LogP contribution in [0, 0.1) is 0 Å². The summed E-state index contributed by atoms with van der Waals surface area (Å²) in [6.07, 6.45) is 1.87. The Balaban J connectivity index is 1.02. The molecule has 0 amide bonds. The van der Waals surface area contributed by atoms with Gasteiger partial charge in [0.1, 0.15) is 16.7 Å². The van der Waals surface area contributed by atoms with Crippen LogP contribution in [0.2, 0.25) is 0 Å². The fourth-order valence-corrected chi connectivity index (χ4v) is 9.82. The van der Waals surface area contributed by atoms with Gasteiger partial charge in [0, 0.05) is 32.8 Å². The van der Waals surface area contributed by atoms with Gasteiger partial charge >= 0.3 is 0 Å². The van der Waals surface area contributed by atoms with Gasteiger partial charge in [0.25, 0.3) is 0 Å². The molecule has 3 heteroatoms. The van der Waals surface area contributed by atoms with Crippen molar-refractivity contribution >= 4 is 87.0 Å². The lowest BCUT2D eigenvalue weighted by Crippen LogP contribution is -1.93. The summed E-state index contributed by atoms with van der Waals surface area (Å²) in [6.45, 7) is 0. The Morgan fingerprint density at radius 3 is 1.71 bits per heavy atom. The molecule has 3 heterocycles. The highest BCUT2D eigenvalue weighted by molar-refractivity contribution is 6.24. The van der Waals surface area contributed by atoms with Crippen LogP contribution in [0.3, 0.4) is 0 Å². The first-order valence-corrected chi connectivity index (χ1v) is 20.2. The van der Waals surface area contributed by atoms with Crippen LogP contribution < -0.4 is 0 Å².